The summed E-state index contributed by atoms with van der Waals surface area (Å²) in [5, 5.41) is 7.41. The van der Waals surface area contributed by atoms with Crippen LogP contribution in [0, 0.1) is 0 Å². The van der Waals surface area contributed by atoms with Crippen molar-refractivity contribution in [2.75, 3.05) is 10.6 Å². The summed E-state index contributed by atoms with van der Waals surface area (Å²) in [7, 11) is 1.83. The smallest absolute Gasteiger partial charge is 0.272 e. The van der Waals surface area contributed by atoms with Crippen LogP contribution in [0.3, 0.4) is 0 Å². The number of H-pyrrole nitrogens is 1. The molecule has 2 aromatic carbocycles. The van der Waals surface area contributed by atoms with Crippen LogP contribution < -0.4 is 10.6 Å². The average Bonchev–Trinajstić information content (AvgIpc) is 3.43. The zero-order valence-electron chi connectivity index (χ0n) is 17.7. The molecule has 5 rings (SSSR count). The molecule has 0 aliphatic heterocycles. The maximum Gasteiger partial charge on any atom is 0.272 e. The van der Waals surface area contributed by atoms with E-state index in [1.54, 1.807) is 60.8 Å². The predicted molar refractivity (Wildman–Crippen MR) is 126 cm³/mol. The number of aromatic amines is 1. The molecule has 5 aromatic rings. The summed E-state index contributed by atoms with van der Waals surface area (Å²) in [5.41, 5.74) is 3.98. The number of nitrogens with zero attached hydrogens (tertiary/aromatic N) is 2. The van der Waals surface area contributed by atoms with E-state index in [-0.39, 0.29) is 11.8 Å². The van der Waals surface area contributed by atoms with Crippen molar-refractivity contribution >= 4 is 45.1 Å². The van der Waals surface area contributed by atoms with Gasteiger partial charge in [-0.25, -0.2) is 9.37 Å². The van der Waals surface area contributed by atoms with Crippen LogP contribution >= 0.6 is 0 Å². The molecule has 0 aliphatic rings. The van der Waals surface area contributed by atoms with Gasteiger partial charge in [0, 0.05) is 47.2 Å². The van der Waals surface area contributed by atoms with E-state index in [1.807, 2.05) is 23.9 Å². The van der Waals surface area contributed by atoms with Gasteiger partial charge in [-0.1, -0.05) is 18.2 Å². The molecule has 0 aliphatic carbocycles. The largest absolute Gasteiger partial charge is 0.346 e. The average molecular weight is 441 g/mol. The fraction of sp³-hybridized carbons (Fsp3) is 0.0800. The van der Waals surface area contributed by atoms with Crippen LogP contribution in [0.25, 0.3) is 21.9 Å². The minimum absolute atomic E-state index is 0.300. The Morgan fingerprint density at radius 1 is 1.00 bits per heavy atom. The minimum Gasteiger partial charge on any atom is -0.346 e. The SMILES string of the molecule is Cn1c(C(=O)Nc2cccc(C(=O)Nc3cccc(CF)c3)c2)cc2cnc3[nH]ccc3c21. The number of carbonyl (C=O) groups is 2. The van der Waals surface area contributed by atoms with Crippen LogP contribution in [0.1, 0.15) is 26.4 Å². The Morgan fingerprint density at radius 2 is 1.76 bits per heavy atom. The van der Waals surface area contributed by atoms with Crippen LogP contribution in [-0.4, -0.2) is 26.3 Å². The molecular weight excluding hydrogens is 421 g/mol. The molecular formula is C25H20FN5O2. The van der Waals surface area contributed by atoms with Gasteiger partial charge in [-0.05, 0) is 48.0 Å². The van der Waals surface area contributed by atoms with Gasteiger partial charge < -0.3 is 20.2 Å². The van der Waals surface area contributed by atoms with Gasteiger partial charge >= 0.3 is 0 Å². The number of nitrogens with one attached hydrogen (secondary N) is 3. The number of hydrogen-bond donors (Lipinski definition) is 3. The molecule has 0 spiro atoms. The molecule has 3 aromatic heterocycles. The third-order valence-corrected chi connectivity index (χ3v) is 5.53. The van der Waals surface area contributed by atoms with Crippen LogP contribution in [0.4, 0.5) is 15.8 Å². The highest BCUT2D eigenvalue weighted by molar-refractivity contribution is 6.11. The third kappa shape index (κ3) is 3.82. The Bertz CT molecular complexity index is 1520. The Kier molecular flexibility index (Phi) is 5.10. The molecule has 33 heavy (non-hydrogen) atoms. The highest BCUT2D eigenvalue weighted by atomic mass is 19.1. The molecule has 0 unspecified atom stereocenters. The van der Waals surface area contributed by atoms with Crippen molar-refractivity contribution in [1.82, 2.24) is 14.5 Å². The summed E-state index contributed by atoms with van der Waals surface area (Å²) in [6.07, 6.45) is 3.54. The van der Waals surface area contributed by atoms with Crippen molar-refractivity contribution < 1.29 is 14.0 Å². The monoisotopic (exact) mass is 441 g/mol. The van der Waals surface area contributed by atoms with Crippen LogP contribution in [0.5, 0.6) is 0 Å². The van der Waals surface area contributed by atoms with Gasteiger partial charge in [-0.2, -0.15) is 0 Å². The van der Waals surface area contributed by atoms with Crippen LogP contribution in [0.2, 0.25) is 0 Å². The van der Waals surface area contributed by atoms with Gasteiger partial charge in [-0.15, -0.1) is 0 Å². The first-order valence-corrected chi connectivity index (χ1v) is 10.3. The summed E-state index contributed by atoms with van der Waals surface area (Å²) in [6, 6.07) is 17.0. The second-order valence-electron chi connectivity index (χ2n) is 7.71. The zero-order valence-corrected chi connectivity index (χ0v) is 17.7. The molecule has 8 heteroatoms. The first-order valence-electron chi connectivity index (χ1n) is 10.3. The number of amides is 2. The number of halogens is 1. The lowest BCUT2D eigenvalue weighted by atomic mass is 10.1. The summed E-state index contributed by atoms with van der Waals surface area (Å²) >= 11 is 0. The summed E-state index contributed by atoms with van der Waals surface area (Å²) < 4.78 is 14.7. The number of benzene rings is 2. The summed E-state index contributed by atoms with van der Waals surface area (Å²) in [5.74, 6) is -0.654. The second-order valence-corrected chi connectivity index (χ2v) is 7.71. The molecule has 2 amide bonds. The van der Waals surface area contributed by atoms with Crippen LogP contribution in [-0.2, 0) is 13.7 Å². The number of carbonyl (C=O) groups excluding carboxylic acids is 2. The first kappa shape index (κ1) is 20.4. The maximum absolute atomic E-state index is 13.0. The molecule has 7 nitrogen and oxygen atoms in total. The number of aryl methyl sites for hydroxylation is 1. The number of fused-ring (bicyclic) bond motifs is 3. The van der Waals surface area contributed by atoms with Crippen molar-refractivity contribution in [2.45, 2.75) is 6.67 Å². The van der Waals surface area contributed by atoms with Gasteiger partial charge in [0.15, 0.2) is 0 Å². The lowest BCUT2D eigenvalue weighted by Gasteiger charge is -2.10. The minimum atomic E-state index is -0.606. The molecule has 0 fully saturated rings. The number of hydrogen-bond acceptors (Lipinski definition) is 3. The van der Waals surface area contributed by atoms with Gasteiger partial charge in [0.2, 0.25) is 0 Å². The van der Waals surface area contributed by atoms with E-state index in [0.29, 0.717) is 28.2 Å². The van der Waals surface area contributed by atoms with E-state index >= 15 is 0 Å². The van der Waals surface area contributed by atoms with Crippen molar-refractivity contribution in [3.8, 4) is 0 Å². The second kappa shape index (κ2) is 8.23. The van der Waals surface area contributed by atoms with Gasteiger partial charge in [0.1, 0.15) is 18.0 Å². The van der Waals surface area contributed by atoms with E-state index in [4.69, 9.17) is 0 Å². The van der Waals surface area contributed by atoms with Crippen molar-refractivity contribution in [3.63, 3.8) is 0 Å². The quantitative estimate of drug-likeness (QED) is 0.357. The van der Waals surface area contributed by atoms with E-state index in [2.05, 4.69) is 20.6 Å². The number of anilines is 2. The maximum atomic E-state index is 13.0. The highest BCUT2D eigenvalue weighted by Gasteiger charge is 2.17. The summed E-state index contributed by atoms with van der Waals surface area (Å²) in [6.45, 7) is -0.606. The van der Waals surface area contributed by atoms with Crippen molar-refractivity contribution in [3.05, 3.63) is 89.9 Å². The van der Waals surface area contributed by atoms with E-state index in [9.17, 15) is 14.0 Å². The normalized spacial score (nSPS) is 11.1. The fourth-order valence-corrected chi connectivity index (χ4v) is 3.94. The lowest BCUT2D eigenvalue weighted by molar-refractivity contribution is 0.101. The summed E-state index contributed by atoms with van der Waals surface area (Å²) in [4.78, 5) is 33.1. The Labute approximate surface area is 188 Å². The molecule has 3 heterocycles. The fourth-order valence-electron chi connectivity index (χ4n) is 3.94. The van der Waals surface area contributed by atoms with Gasteiger partial charge in [0.25, 0.3) is 11.8 Å². The molecule has 0 saturated heterocycles. The van der Waals surface area contributed by atoms with E-state index < -0.39 is 6.67 Å². The van der Waals surface area contributed by atoms with Gasteiger partial charge in [0.05, 0.1) is 5.52 Å². The van der Waals surface area contributed by atoms with E-state index in [1.165, 1.54) is 0 Å². The van der Waals surface area contributed by atoms with Crippen molar-refractivity contribution in [2.24, 2.45) is 7.05 Å². The van der Waals surface area contributed by atoms with Gasteiger partial charge in [-0.3, -0.25) is 9.59 Å². The zero-order chi connectivity index (χ0) is 22.9. The molecule has 0 radical (unpaired) electrons. The molecule has 0 saturated carbocycles. The Hall–Kier alpha value is -4.46. The van der Waals surface area contributed by atoms with E-state index in [0.717, 1.165) is 21.9 Å². The molecule has 3 N–H and O–H groups in total. The lowest BCUT2D eigenvalue weighted by Crippen LogP contribution is -2.16. The predicted octanol–water partition coefficient (Wildman–Crippen LogP) is 5.03. The standard InChI is InChI=1S/C25H20FN5O2/c1-31-21(12-17-14-28-23-20(22(17)31)8-9-27-23)25(33)30-19-7-3-5-16(11-19)24(32)29-18-6-2-4-15(10-18)13-26/h2-12,14H,13H2,1H3,(H,27,28)(H,29,32)(H,30,33). The molecule has 164 valence electrons. The molecule has 0 atom stereocenters. The Balaban J connectivity index is 1.38. The number of aromatic nitrogens is 3. The number of rotatable bonds is 5. The number of pyridine rings is 1. The first-order chi connectivity index (χ1) is 16.0. The van der Waals surface area contributed by atoms with Crippen LogP contribution in [0.15, 0.2) is 73.1 Å². The van der Waals surface area contributed by atoms with Crippen molar-refractivity contribution in [1.29, 1.82) is 0 Å². The Morgan fingerprint density at radius 3 is 2.58 bits per heavy atom. The highest BCUT2D eigenvalue weighted by Crippen LogP contribution is 2.26. The molecule has 0 bridgehead atoms. The third-order valence-electron chi connectivity index (χ3n) is 5.53. The number of alkyl halides is 1. The topological polar surface area (TPSA) is 91.8 Å².